The average Bonchev–Trinajstić information content (AvgIpc) is 2.40. The maximum Gasteiger partial charge on any atom is 0.345 e. The summed E-state index contributed by atoms with van der Waals surface area (Å²) in [5.74, 6) is -3.75. The van der Waals surface area contributed by atoms with E-state index in [2.05, 4.69) is 0 Å². The molecule has 1 aliphatic carbocycles. The first-order valence-corrected chi connectivity index (χ1v) is 6.82. The van der Waals surface area contributed by atoms with Crippen molar-refractivity contribution in [2.24, 2.45) is 0 Å². The second kappa shape index (κ2) is 5.48. The van der Waals surface area contributed by atoms with Crippen molar-refractivity contribution in [3.63, 3.8) is 0 Å². The molecule has 1 aromatic rings. The lowest BCUT2D eigenvalue weighted by Crippen LogP contribution is -2.28. The van der Waals surface area contributed by atoms with Crippen LogP contribution in [0.5, 0.6) is 0 Å². The van der Waals surface area contributed by atoms with E-state index in [0.717, 1.165) is 6.07 Å². The van der Waals surface area contributed by atoms with Crippen LogP contribution >= 0.6 is 11.6 Å². The topological polar surface area (TPSA) is 63.6 Å². The van der Waals surface area contributed by atoms with Gasteiger partial charge in [-0.1, -0.05) is 18.5 Å². The molecule has 0 bridgehead atoms. The Hall–Kier alpha value is -1.88. The SMILES string of the molecule is CCOC(=O)C1=C(O)c2c(C)c(Cl)cc(F)c2C(C)C1=O. The molecule has 0 saturated carbocycles. The predicted octanol–water partition coefficient (Wildman–Crippen LogP) is 3.31. The number of aliphatic hydroxyl groups is 1. The van der Waals surface area contributed by atoms with Crippen LogP contribution in [0.25, 0.3) is 5.76 Å². The molecule has 0 aliphatic heterocycles. The Labute approximate surface area is 126 Å². The minimum Gasteiger partial charge on any atom is -0.506 e. The number of benzene rings is 1. The highest BCUT2D eigenvalue weighted by atomic mass is 35.5. The largest absolute Gasteiger partial charge is 0.506 e. The molecule has 1 aliphatic rings. The number of fused-ring (bicyclic) bond motifs is 1. The lowest BCUT2D eigenvalue weighted by molar-refractivity contribution is -0.140. The summed E-state index contributed by atoms with van der Waals surface area (Å²) in [5, 5.41) is 10.4. The molecule has 1 aromatic carbocycles. The van der Waals surface area contributed by atoms with Gasteiger partial charge in [0.1, 0.15) is 17.1 Å². The van der Waals surface area contributed by atoms with Crippen molar-refractivity contribution in [1.29, 1.82) is 0 Å². The van der Waals surface area contributed by atoms with E-state index in [1.54, 1.807) is 13.8 Å². The first-order chi connectivity index (χ1) is 9.81. The molecule has 0 aromatic heterocycles. The molecule has 112 valence electrons. The molecule has 4 nitrogen and oxygen atoms in total. The Morgan fingerprint density at radius 2 is 2.14 bits per heavy atom. The highest BCUT2D eigenvalue weighted by Crippen LogP contribution is 2.41. The number of ether oxygens (including phenoxy) is 1. The summed E-state index contributed by atoms with van der Waals surface area (Å²) in [7, 11) is 0. The van der Waals surface area contributed by atoms with Gasteiger partial charge in [0.25, 0.3) is 0 Å². The van der Waals surface area contributed by atoms with E-state index in [4.69, 9.17) is 16.3 Å². The number of esters is 1. The van der Waals surface area contributed by atoms with Crippen LogP contribution in [0.4, 0.5) is 4.39 Å². The Bertz CT molecular complexity index is 679. The van der Waals surface area contributed by atoms with Gasteiger partial charge in [-0.3, -0.25) is 4.79 Å². The normalized spacial score (nSPS) is 17.8. The number of rotatable bonds is 2. The van der Waals surface area contributed by atoms with Crippen LogP contribution < -0.4 is 0 Å². The van der Waals surface area contributed by atoms with E-state index in [0.29, 0.717) is 5.56 Å². The van der Waals surface area contributed by atoms with Crippen molar-refractivity contribution >= 4 is 29.1 Å². The Morgan fingerprint density at radius 3 is 2.71 bits per heavy atom. The number of aliphatic hydroxyl groups excluding tert-OH is 1. The molecule has 0 amide bonds. The number of carbonyl (C=O) groups excluding carboxylic acids is 2. The van der Waals surface area contributed by atoms with E-state index < -0.39 is 34.8 Å². The summed E-state index contributed by atoms with van der Waals surface area (Å²) in [5.41, 5.74) is 0.0935. The third kappa shape index (κ3) is 2.31. The molecule has 0 heterocycles. The number of halogens is 2. The smallest absolute Gasteiger partial charge is 0.345 e. The van der Waals surface area contributed by atoms with Crippen LogP contribution in [-0.4, -0.2) is 23.5 Å². The van der Waals surface area contributed by atoms with E-state index >= 15 is 0 Å². The summed E-state index contributed by atoms with van der Waals surface area (Å²) >= 11 is 5.91. The molecule has 0 spiro atoms. The molecule has 1 N–H and O–H groups in total. The van der Waals surface area contributed by atoms with E-state index in [-0.39, 0.29) is 22.8 Å². The van der Waals surface area contributed by atoms with Crippen LogP contribution in [0.15, 0.2) is 11.6 Å². The summed E-state index contributed by atoms with van der Waals surface area (Å²) in [6.45, 7) is 4.71. The molecule has 1 unspecified atom stereocenters. The maximum atomic E-state index is 14.1. The molecule has 6 heteroatoms. The van der Waals surface area contributed by atoms with Crippen LogP contribution in [0.2, 0.25) is 5.02 Å². The second-order valence-corrected chi connectivity index (χ2v) is 5.19. The van der Waals surface area contributed by atoms with Gasteiger partial charge in [0.2, 0.25) is 0 Å². The highest BCUT2D eigenvalue weighted by molar-refractivity contribution is 6.32. The summed E-state index contributed by atoms with van der Waals surface area (Å²) in [4.78, 5) is 24.1. The highest BCUT2D eigenvalue weighted by Gasteiger charge is 2.39. The molecular formula is C15H14ClFO4. The number of carbonyl (C=O) groups is 2. The van der Waals surface area contributed by atoms with E-state index in [1.807, 2.05) is 0 Å². The van der Waals surface area contributed by atoms with Crippen LogP contribution in [-0.2, 0) is 14.3 Å². The quantitative estimate of drug-likeness (QED) is 0.672. The fourth-order valence-corrected chi connectivity index (χ4v) is 2.65. The van der Waals surface area contributed by atoms with Gasteiger partial charge in [-0.05, 0) is 25.5 Å². The second-order valence-electron chi connectivity index (χ2n) is 4.78. The molecule has 2 rings (SSSR count). The van der Waals surface area contributed by atoms with Gasteiger partial charge in [-0.15, -0.1) is 0 Å². The predicted molar refractivity (Wildman–Crippen MR) is 75.8 cm³/mol. The zero-order valence-corrected chi connectivity index (χ0v) is 12.5. The lowest BCUT2D eigenvalue weighted by atomic mass is 9.80. The van der Waals surface area contributed by atoms with Gasteiger partial charge in [-0.25, -0.2) is 9.18 Å². The summed E-state index contributed by atoms with van der Waals surface area (Å²) in [6, 6.07) is 1.10. The Kier molecular flexibility index (Phi) is 4.05. The fourth-order valence-electron chi connectivity index (χ4n) is 2.46. The summed E-state index contributed by atoms with van der Waals surface area (Å²) in [6.07, 6.45) is 0. The van der Waals surface area contributed by atoms with Crippen molar-refractivity contribution in [2.75, 3.05) is 6.61 Å². The van der Waals surface area contributed by atoms with Gasteiger partial charge in [0.15, 0.2) is 5.78 Å². The van der Waals surface area contributed by atoms with Gasteiger partial charge < -0.3 is 9.84 Å². The van der Waals surface area contributed by atoms with Gasteiger partial charge >= 0.3 is 5.97 Å². The first kappa shape index (κ1) is 15.5. The molecular weight excluding hydrogens is 299 g/mol. The van der Waals surface area contributed by atoms with Crippen LogP contribution in [0.1, 0.15) is 36.5 Å². The zero-order chi connectivity index (χ0) is 15.9. The maximum absolute atomic E-state index is 14.1. The number of hydrogen-bond acceptors (Lipinski definition) is 4. The fraction of sp³-hybridized carbons (Fsp3) is 0.333. The Balaban J connectivity index is 2.79. The molecule has 21 heavy (non-hydrogen) atoms. The Morgan fingerprint density at radius 1 is 1.52 bits per heavy atom. The molecule has 0 saturated heterocycles. The first-order valence-electron chi connectivity index (χ1n) is 6.44. The molecule has 0 fully saturated rings. The third-order valence-electron chi connectivity index (χ3n) is 3.54. The molecule has 1 atom stereocenters. The van der Waals surface area contributed by atoms with Crippen LogP contribution in [0, 0.1) is 12.7 Å². The summed E-state index contributed by atoms with van der Waals surface area (Å²) < 4.78 is 18.9. The van der Waals surface area contributed by atoms with Crippen molar-refractivity contribution in [3.8, 4) is 0 Å². The third-order valence-corrected chi connectivity index (χ3v) is 3.93. The van der Waals surface area contributed by atoms with Gasteiger partial charge in [0, 0.05) is 22.1 Å². The van der Waals surface area contributed by atoms with Gasteiger partial charge in [0.05, 0.1) is 6.61 Å². The standard InChI is InChI=1S/C15H14ClFO4/c1-4-21-15(20)12-13(18)7(3)10-9(17)5-8(16)6(2)11(10)14(12)19/h5,7,19H,4H2,1-3H3. The van der Waals surface area contributed by atoms with Crippen LogP contribution in [0.3, 0.4) is 0 Å². The van der Waals surface area contributed by atoms with Gasteiger partial charge in [-0.2, -0.15) is 0 Å². The van der Waals surface area contributed by atoms with Crippen molar-refractivity contribution in [1.82, 2.24) is 0 Å². The minimum atomic E-state index is -0.919. The van der Waals surface area contributed by atoms with Crippen molar-refractivity contribution in [3.05, 3.63) is 39.2 Å². The zero-order valence-electron chi connectivity index (χ0n) is 11.8. The van der Waals surface area contributed by atoms with E-state index in [9.17, 15) is 19.1 Å². The average molecular weight is 313 g/mol. The number of Topliss-reactive ketones (excluding diaryl/α,β-unsaturated/α-hetero) is 1. The van der Waals surface area contributed by atoms with Crippen molar-refractivity contribution < 1.29 is 23.8 Å². The minimum absolute atomic E-state index is 0.0486. The lowest BCUT2D eigenvalue weighted by Gasteiger charge is -2.25. The van der Waals surface area contributed by atoms with Crippen molar-refractivity contribution in [2.45, 2.75) is 26.7 Å². The van der Waals surface area contributed by atoms with E-state index in [1.165, 1.54) is 6.92 Å². The number of hydrogen-bond donors (Lipinski definition) is 1. The molecule has 0 radical (unpaired) electrons. The monoisotopic (exact) mass is 312 g/mol. The number of ketones is 1.